The quantitative estimate of drug-likeness (QED) is 0.598. The van der Waals surface area contributed by atoms with Gasteiger partial charge in [0.05, 0.1) is 13.2 Å². The van der Waals surface area contributed by atoms with Crippen molar-refractivity contribution in [2.45, 2.75) is 33.0 Å². The lowest BCUT2D eigenvalue weighted by atomic mass is 10.0. The van der Waals surface area contributed by atoms with Crippen molar-refractivity contribution in [2.24, 2.45) is 11.7 Å². The first kappa shape index (κ1) is 21.8. The van der Waals surface area contributed by atoms with E-state index in [1.165, 1.54) is 20.8 Å². The molecule has 1 atom stereocenters. The van der Waals surface area contributed by atoms with E-state index in [0.29, 0.717) is 0 Å². The van der Waals surface area contributed by atoms with Crippen molar-refractivity contribution in [2.75, 3.05) is 19.7 Å². The van der Waals surface area contributed by atoms with Gasteiger partial charge in [0, 0.05) is 0 Å². The number of alkyl halides is 3. The van der Waals surface area contributed by atoms with Crippen LogP contribution in [-0.2, 0) is 23.9 Å². The minimum atomic E-state index is -5.36. The molecule has 0 aromatic rings. The highest BCUT2D eigenvalue weighted by atomic mass is 19.4. The summed E-state index contributed by atoms with van der Waals surface area (Å²) in [5.74, 6) is -6.62. The second-order valence-corrected chi connectivity index (χ2v) is 4.98. The number of carbonyl (C=O) groups is 4. The largest absolute Gasteiger partial charge is 0.471 e. The standard InChI is InChI=1S/C13H20F3N3O5/c1-4-24-9(21)6-18-11(22)10(7(2)3)19(8(20)5-17)12(23)13(14,15)16/h7,10H,4-6,17H2,1-3H3,(H,18,22)/t10-/m0/s1. The molecule has 0 aliphatic rings. The molecular weight excluding hydrogens is 335 g/mol. The zero-order valence-electron chi connectivity index (χ0n) is 13.5. The van der Waals surface area contributed by atoms with Gasteiger partial charge in [-0.25, -0.2) is 0 Å². The second kappa shape index (κ2) is 9.21. The SMILES string of the molecule is CCOC(=O)CNC(=O)[C@H](C(C)C)N(C(=O)CN)C(=O)C(F)(F)F. The van der Waals surface area contributed by atoms with E-state index in [1.54, 1.807) is 0 Å². The van der Waals surface area contributed by atoms with E-state index in [1.807, 2.05) is 5.32 Å². The van der Waals surface area contributed by atoms with Crippen molar-refractivity contribution in [3.8, 4) is 0 Å². The van der Waals surface area contributed by atoms with Crippen molar-refractivity contribution in [1.82, 2.24) is 10.2 Å². The predicted octanol–water partition coefficient (Wildman–Crippen LogP) is -0.433. The lowest BCUT2D eigenvalue weighted by molar-refractivity contribution is -0.191. The number of imide groups is 1. The minimum absolute atomic E-state index is 0.0483. The van der Waals surface area contributed by atoms with Crippen LogP contribution < -0.4 is 11.1 Å². The number of hydrogen-bond acceptors (Lipinski definition) is 6. The third kappa shape index (κ3) is 6.14. The third-order valence-electron chi connectivity index (χ3n) is 2.80. The number of ether oxygens (including phenoxy) is 1. The Morgan fingerprint density at radius 3 is 2.12 bits per heavy atom. The van der Waals surface area contributed by atoms with Crippen molar-refractivity contribution in [3.63, 3.8) is 0 Å². The van der Waals surface area contributed by atoms with Gasteiger partial charge >= 0.3 is 18.1 Å². The fraction of sp³-hybridized carbons (Fsp3) is 0.692. The van der Waals surface area contributed by atoms with Crippen molar-refractivity contribution < 1.29 is 37.1 Å². The smallest absolute Gasteiger partial charge is 0.465 e. The molecule has 0 aliphatic carbocycles. The summed E-state index contributed by atoms with van der Waals surface area (Å²) >= 11 is 0. The first-order chi connectivity index (χ1) is 11.0. The maximum absolute atomic E-state index is 12.7. The average molecular weight is 355 g/mol. The lowest BCUT2D eigenvalue weighted by Gasteiger charge is -2.31. The summed E-state index contributed by atoms with van der Waals surface area (Å²) in [4.78, 5) is 46.3. The van der Waals surface area contributed by atoms with E-state index in [2.05, 4.69) is 4.74 Å². The van der Waals surface area contributed by atoms with Gasteiger partial charge in [-0.3, -0.25) is 24.1 Å². The van der Waals surface area contributed by atoms with Crippen LogP contribution in [-0.4, -0.2) is 60.5 Å². The van der Waals surface area contributed by atoms with Crippen LogP contribution in [0.3, 0.4) is 0 Å². The van der Waals surface area contributed by atoms with Gasteiger partial charge in [0.15, 0.2) is 0 Å². The van der Waals surface area contributed by atoms with Gasteiger partial charge in [-0.05, 0) is 12.8 Å². The molecule has 0 aliphatic heterocycles. The van der Waals surface area contributed by atoms with Crippen LogP contribution in [0, 0.1) is 5.92 Å². The van der Waals surface area contributed by atoms with Crippen molar-refractivity contribution in [1.29, 1.82) is 0 Å². The molecule has 0 unspecified atom stereocenters. The van der Waals surface area contributed by atoms with Gasteiger partial charge in [0.25, 0.3) is 0 Å². The van der Waals surface area contributed by atoms with Gasteiger partial charge in [0.1, 0.15) is 12.6 Å². The van der Waals surface area contributed by atoms with Crippen LogP contribution >= 0.6 is 0 Å². The van der Waals surface area contributed by atoms with Crippen LogP contribution in [0.4, 0.5) is 13.2 Å². The van der Waals surface area contributed by atoms with Crippen LogP contribution in [0.15, 0.2) is 0 Å². The number of nitrogens with zero attached hydrogens (tertiary/aromatic N) is 1. The fourth-order valence-electron chi connectivity index (χ4n) is 1.82. The molecule has 3 N–H and O–H groups in total. The van der Waals surface area contributed by atoms with Crippen LogP contribution in [0.5, 0.6) is 0 Å². The molecule has 0 spiro atoms. The molecule has 0 bridgehead atoms. The molecule has 0 saturated heterocycles. The molecule has 0 aromatic carbocycles. The summed E-state index contributed by atoms with van der Waals surface area (Å²) in [6.07, 6.45) is -5.36. The molecule has 0 rings (SSSR count). The molecule has 3 amide bonds. The molecule has 0 saturated carbocycles. The summed E-state index contributed by atoms with van der Waals surface area (Å²) < 4.78 is 42.7. The number of nitrogens with two attached hydrogens (primary N) is 1. The summed E-state index contributed by atoms with van der Waals surface area (Å²) in [6.45, 7) is 2.76. The Bertz CT molecular complexity index is 494. The Labute approximate surface area is 136 Å². The van der Waals surface area contributed by atoms with E-state index in [9.17, 15) is 32.3 Å². The third-order valence-corrected chi connectivity index (χ3v) is 2.80. The van der Waals surface area contributed by atoms with E-state index in [-0.39, 0.29) is 11.5 Å². The molecule has 138 valence electrons. The maximum Gasteiger partial charge on any atom is 0.471 e. The van der Waals surface area contributed by atoms with Gasteiger partial charge in [-0.2, -0.15) is 13.2 Å². The van der Waals surface area contributed by atoms with Gasteiger partial charge in [-0.1, -0.05) is 13.8 Å². The zero-order valence-corrected chi connectivity index (χ0v) is 13.5. The Morgan fingerprint density at radius 1 is 1.21 bits per heavy atom. The first-order valence-electron chi connectivity index (χ1n) is 7.03. The number of nitrogens with one attached hydrogen (secondary N) is 1. The summed E-state index contributed by atoms with van der Waals surface area (Å²) in [5.41, 5.74) is 5.04. The van der Waals surface area contributed by atoms with Gasteiger partial charge < -0.3 is 15.8 Å². The molecule has 11 heteroatoms. The number of amides is 3. The van der Waals surface area contributed by atoms with Crippen LogP contribution in [0.2, 0.25) is 0 Å². The topological polar surface area (TPSA) is 119 Å². The highest BCUT2D eigenvalue weighted by Gasteiger charge is 2.49. The molecule has 0 heterocycles. The Balaban J connectivity index is 5.47. The Morgan fingerprint density at radius 2 is 1.75 bits per heavy atom. The van der Waals surface area contributed by atoms with Gasteiger partial charge in [-0.15, -0.1) is 0 Å². The summed E-state index contributed by atoms with van der Waals surface area (Å²) in [7, 11) is 0. The number of carbonyl (C=O) groups excluding carboxylic acids is 4. The van der Waals surface area contributed by atoms with E-state index < -0.39 is 54.9 Å². The lowest BCUT2D eigenvalue weighted by Crippen LogP contribution is -2.59. The summed E-state index contributed by atoms with van der Waals surface area (Å²) in [5, 5.41) is 2.05. The van der Waals surface area contributed by atoms with E-state index in [0.717, 1.165) is 0 Å². The summed E-state index contributed by atoms with van der Waals surface area (Å²) in [6, 6.07) is -1.77. The predicted molar refractivity (Wildman–Crippen MR) is 75.2 cm³/mol. The van der Waals surface area contributed by atoms with Gasteiger partial charge in [0.2, 0.25) is 11.8 Å². The van der Waals surface area contributed by atoms with E-state index >= 15 is 0 Å². The minimum Gasteiger partial charge on any atom is -0.465 e. The number of halogens is 3. The molecule has 0 fully saturated rings. The highest BCUT2D eigenvalue weighted by Crippen LogP contribution is 2.23. The van der Waals surface area contributed by atoms with Crippen molar-refractivity contribution in [3.05, 3.63) is 0 Å². The number of rotatable bonds is 7. The number of esters is 1. The highest BCUT2D eigenvalue weighted by molar-refractivity contribution is 6.03. The molecule has 24 heavy (non-hydrogen) atoms. The maximum atomic E-state index is 12.7. The van der Waals surface area contributed by atoms with Crippen molar-refractivity contribution >= 4 is 23.7 Å². The fourth-order valence-corrected chi connectivity index (χ4v) is 1.82. The number of hydrogen-bond donors (Lipinski definition) is 2. The average Bonchev–Trinajstić information content (AvgIpc) is 2.47. The van der Waals surface area contributed by atoms with E-state index in [4.69, 9.17) is 5.73 Å². The Hall–Kier alpha value is -2.17. The van der Waals surface area contributed by atoms with Crippen LogP contribution in [0.1, 0.15) is 20.8 Å². The molecule has 0 aromatic heterocycles. The monoisotopic (exact) mass is 355 g/mol. The first-order valence-corrected chi connectivity index (χ1v) is 7.03. The molecular formula is C13H20F3N3O5. The normalized spacial score (nSPS) is 12.5. The molecule has 0 radical (unpaired) electrons. The van der Waals surface area contributed by atoms with Crippen LogP contribution in [0.25, 0.3) is 0 Å². The zero-order chi connectivity index (χ0) is 19.1. The molecule has 8 nitrogen and oxygen atoms in total. The Kier molecular flexibility index (Phi) is 8.37. The second-order valence-electron chi connectivity index (χ2n) is 4.98.